The summed E-state index contributed by atoms with van der Waals surface area (Å²) < 4.78 is 0.928. The summed E-state index contributed by atoms with van der Waals surface area (Å²) in [6.45, 7) is 7.51. The molecule has 0 aliphatic heterocycles. The molecule has 96 valence electrons. The van der Waals surface area contributed by atoms with Crippen LogP contribution in [0.15, 0.2) is 28.9 Å². The predicted molar refractivity (Wildman–Crippen MR) is 81.8 cm³/mol. The van der Waals surface area contributed by atoms with Gasteiger partial charge < -0.3 is 11.1 Å². The Labute approximate surface area is 116 Å². The molecular formula is C14H18BrN3. The van der Waals surface area contributed by atoms with Crippen LogP contribution in [-0.2, 0) is 0 Å². The summed E-state index contributed by atoms with van der Waals surface area (Å²) in [5.41, 5.74) is 8.86. The van der Waals surface area contributed by atoms with Crippen molar-refractivity contribution in [2.75, 3.05) is 17.6 Å². The zero-order chi connectivity index (χ0) is 13.3. The number of nitrogen functional groups attached to an aromatic ring is 1. The van der Waals surface area contributed by atoms with E-state index in [-0.39, 0.29) is 5.41 Å². The molecule has 2 aromatic rings. The minimum absolute atomic E-state index is 0.229. The highest BCUT2D eigenvalue weighted by Crippen LogP contribution is 2.30. The van der Waals surface area contributed by atoms with Crippen molar-refractivity contribution in [3.8, 4) is 0 Å². The van der Waals surface area contributed by atoms with Crippen molar-refractivity contribution >= 4 is 38.2 Å². The summed E-state index contributed by atoms with van der Waals surface area (Å²) in [5.74, 6) is 0. The van der Waals surface area contributed by atoms with E-state index in [1.54, 1.807) is 0 Å². The van der Waals surface area contributed by atoms with Crippen molar-refractivity contribution in [3.63, 3.8) is 0 Å². The molecule has 0 saturated heterocycles. The highest BCUT2D eigenvalue weighted by atomic mass is 79.9. The highest BCUT2D eigenvalue weighted by molar-refractivity contribution is 9.10. The maximum atomic E-state index is 5.89. The van der Waals surface area contributed by atoms with Crippen molar-refractivity contribution in [2.24, 2.45) is 5.41 Å². The normalized spacial score (nSPS) is 11.8. The Balaban J connectivity index is 2.45. The van der Waals surface area contributed by atoms with Crippen LogP contribution in [0.2, 0.25) is 0 Å². The van der Waals surface area contributed by atoms with Crippen molar-refractivity contribution < 1.29 is 0 Å². The number of hydrogen-bond donors (Lipinski definition) is 2. The second-order valence-electron chi connectivity index (χ2n) is 5.67. The molecule has 0 amide bonds. The van der Waals surface area contributed by atoms with Gasteiger partial charge in [-0.05, 0) is 39.5 Å². The van der Waals surface area contributed by atoms with Gasteiger partial charge in [0, 0.05) is 34.0 Å². The van der Waals surface area contributed by atoms with Crippen LogP contribution >= 0.6 is 15.9 Å². The molecule has 1 aromatic carbocycles. The molecule has 3 nitrogen and oxygen atoms in total. The second kappa shape index (κ2) is 4.76. The topological polar surface area (TPSA) is 50.9 Å². The Kier molecular flexibility index (Phi) is 3.48. The first-order chi connectivity index (χ1) is 8.37. The van der Waals surface area contributed by atoms with Gasteiger partial charge in [-0.1, -0.05) is 20.8 Å². The zero-order valence-electron chi connectivity index (χ0n) is 10.9. The number of rotatable bonds is 2. The Morgan fingerprint density at radius 3 is 2.72 bits per heavy atom. The van der Waals surface area contributed by atoms with E-state index >= 15 is 0 Å². The average molecular weight is 308 g/mol. The highest BCUT2D eigenvalue weighted by Gasteiger charge is 2.11. The van der Waals surface area contributed by atoms with Gasteiger partial charge in [-0.25, -0.2) is 0 Å². The van der Waals surface area contributed by atoms with Gasteiger partial charge in [0.1, 0.15) is 0 Å². The number of halogens is 1. The van der Waals surface area contributed by atoms with E-state index in [2.05, 4.69) is 47.0 Å². The Morgan fingerprint density at radius 1 is 1.33 bits per heavy atom. The van der Waals surface area contributed by atoms with E-state index in [0.29, 0.717) is 0 Å². The summed E-state index contributed by atoms with van der Waals surface area (Å²) in [4.78, 5) is 4.38. The number of fused-ring (bicyclic) bond motifs is 1. The predicted octanol–water partition coefficient (Wildman–Crippen LogP) is 4.04. The van der Waals surface area contributed by atoms with Crippen LogP contribution in [0.1, 0.15) is 20.8 Å². The molecule has 2 rings (SSSR count). The average Bonchev–Trinajstić information content (AvgIpc) is 2.25. The lowest BCUT2D eigenvalue weighted by molar-refractivity contribution is 0.443. The molecular weight excluding hydrogens is 290 g/mol. The minimum atomic E-state index is 0.229. The van der Waals surface area contributed by atoms with Crippen LogP contribution in [0.5, 0.6) is 0 Å². The van der Waals surface area contributed by atoms with Gasteiger partial charge in [0.2, 0.25) is 0 Å². The lowest BCUT2D eigenvalue weighted by Gasteiger charge is -2.20. The smallest absolute Gasteiger partial charge is 0.0866 e. The monoisotopic (exact) mass is 307 g/mol. The molecule has 0 fully saturated rings. The van der Waals surface area contributed by atoms with Gasteiger partial charge in [0.25, 0.3) is 0 Å². The maximum Gasteiger partial charge on any atom is 0.0866 e. The lowest BCUT2D eigenvalue weighted by atomic mass is 9.97. The molecule has 4 heteroatoms. The van der Waals surface area contributed by atoms with E-state index < -0.39 is 0 Å². The summed E-state index contributed by atoms with van der Waals surface area (Å²) in [5, 5.41) is 4.52. The number of anilines is 2. The molecule has 0 bridgehead atoms. The molecule has 1 heterocycles. The SMILES string of the molecule is CC(C)(C)CNc1ccnc2c(Br)cc(N)cc12. The van der Waals surface area contributed by atoms with Gasteiger partial charge in [0.05, 0.1) is 5.52 Å². The van der Waals surface area contributed by atoms with Crippen LogP contribution in [-0.4, -0.2) is 11.5 Å². The largest absolute Gasteiger partial charge is 0.399 e. The first-order valence-electron chi connectivity index (χ1n) is 5.94. The summed E-state index contributed by atoms with van der Waals surface area (Å²) >= 11 is 3.50. The van der Waals surface area contributed by atoms with Crippen LogP contribution in [0.25, 0.3) is 10.9 Å². The second-order valence-corrected chi connectivity index (χ2v) is 6.53. The third kappa shape index (κ3) is 2.93. The van der Waals surface area contributed by atoms with Crippen LogP contribution < -0.4 is 11.1 Å². The van der Waals surface area contributed by atoms with E-state index in [1.807, 2.05) is 24.4 Å². The third-order valence-corrected chi connectivity index (χ3v) is 3.23. The van der Waals surface area contributed by atoms with E-state index in [4.69, 9.17) is 5.73 Å². The lowest BCUT2D eigenvalue weighted by Crippen LogP contribution is -2.19. The quantitative estimate of drug-likeness (QED) is 0.823. The number of pyridine rings is 1. The molecule has 0 aliphatic carbocycles. The van der Waals surface area contributed by atoms with Crippen molar-refractivity contribution in [3.05, 3.63) is 28.9 Å². The van der Waals surface area contributed by atoms with Gasteiger partial charge in [-0.3, -0.25) is 4.98 Å². The molecule has 0 unspecified atom stereocenters. The standard InChI is InChI=1S/C14H18BrN3/c1-14(2,3)8-18-12-4-5-17-13-10(12)6-9(16)7-11(13)15/h4-7H,8,16H2,1-3H3,(H,17,18). The minimum Gasteiger partial charge on any atom is -0.399 e. The van der Waals surface area contributed by atoms with E-state index in [9.17, 15) is 0 Å². The molecule has 0 spiro atoms. The molecule has 0 atom stereocenters. The molecule has 3 N–H and O–H groups in total. The van der Waals surface area contributed by atoms with Gasteiger partial charge in [0.15, 0.2) is 0 Å². The third-order valence-electron chi connectivity index (χ3n) is 2.63. The van der Waals surface area contributed by atoms with Crippen LogP contribution in [0.4, 0.5) is 11.4 Å². The summed E-state index contributed by atoms with van der Waals surface area (Å²) in [6.07, 6.45) is 1.81. The van der Waals surface area contributed by atoms with Crippen LogP contribution in [0.3, 0.4) is 0 Å². The van der Waals surface area contributed by atoms with Crippen molar-refractivity contribution in [2.45, 2.75) is 20.8 Å². The summed E-state index contributed by atoms with van der Waals surface area (Å²) in [6, 6.07) is 5.82. The molecule has 0 aliphatic rings. The van der Waals surface area contributed by atoms with Crippen LogP contribution in [0, 0.1) is 5.41 Å². The van der Waals surface area contributed by atoms with Crippen molar-refractivity contribution in [1.82, 2.24) is 4.98 Å². The molecule has 0 saturated carbocycles. The molecule has 0 radical (unpaired) electrons. The number of aromatic nitrogens is 1. The summed E-state index contributed by atoms with van der Waals surface area (Å²) in [7, 11) is 0. The Bertz CT molecular complexity index is 573. The fraction of sp³-hybridized carbons (Fsp3) is 0.357. The molecule has 1 aromatic heterocycles. The van der Waals surface area contributed by atoms with Gasteiger partial charge in [-0.2, -0.15) is 0 Å². The Hall–Kier alpha value is -1.29. The fourth-order valence-corrected chi connectivity index (χ4v) is 2.33. The number of nitrogens with zero attached hydrogens (tertiary/aromatic N) is 1. The van der Waals surface area contributed by atoms with E-state index in [0.717, 1.165) is 33.3 Å². The first kappa shape index (κ1) is 13.1. The maximum absolute atomic E-state index is 5.89. The van der Waals surface area contributed by atoms with Crippen molar-refractivity contribution in [1.29, 1.82) is 0 Å². The fourth-order valence-electron chi connectivity index (χ4n) is 1.75. The van der Waals surface area contributed by atoms with E-state index in [1.165, 1.54) is 0 Å². The Morgan fingerprint density at radius 2 is 2.06 bits per heavy atom. The number of nitrogens with one attached hydrogen (secondary N) is 1. The van der Waals surface area contributed by atoms with Gasteiger partial charge in [-0.15, -0.1) is 0 Å². The van der Waals surface area contributed by atoms with Gasteiger partial charge >= 0.3 is 0 Å². The number of nitrogens with two attached hydrogens (primary N) is 1. The first-order valence-corrected chi connectivity index (χ1v) is 6.74. The number of benzene rings is 1. The number of hydrogen-bond acceptors (Lipinski definition) is 3. The molecule has 18 heavy (non-hydrogen) atoms. The zero-order valence-corrected chi connectivity index (χ0v) is 12.5.